The molecule has 1 rings (SSSR count). The zero-order valence-electron chi connectivity index (χ0n) is 12.6. The molecule has 110 valence electrons. The summed E-state index contributed by atoms with van der Waals surface area (Å²) in [5, 5.41) is 0. The van der Waals surface area contributed by atoms with Crippen molar-refractivity contribution < 1.29 is 4.79 Å². The van der Waals surface area contributed by atoms with Crippen LogP contribution in [-0.2, 0) is 4.79 Å². The largest absolute Gasteiger partial charge is 0.392 e. The highest BCUT2D eigenvalue weighted by molar-refractivity contribution is 7.80. The number of hydrogen-bond acceptors (Lipinski definition) is 2. The Morgan fingerprint density at radius 1 is 1.37 bits per heavy atom. The summed E-state index contributed by atoms with van der Waals surface area (Å²) in [6.45, 7) is 7.22. The smallest absolute Gasteiger partial charge is 0.235 e. The maximum Gasteiger partial charge on any atom is 0.235 e. The van der Waals surface area contributed by atoms with Crippen molar-refractivity contribution in [3.8, 4) is 0 Å². The molecule has 1 atom stereocenters. The fourth-order valence-electron chi connectivity index (χ4n) is 2.89. The molecule has 4 heteroatoms. The van der Waals surface area contributed by atoms with Gasteiger partial charge in [0.1, 0.15) is 0 Å². The molecule has 1 aliphatic rings. The number of nitrogens with zero attached hydrogens (tertiary/aromatic N) is 1. The van der Waals surface area contributed by atoms with Crippen LogP contribution in [0.1, 0.15) is 65.7 Å². The molecular weight excluding hydrogens is 256 g/mol. The highest BCUT2D eigenvalue weighted by Crippen LogP contribution is 2.40. The van der Waals surface area contributed by atoms with Crippen LogP contribution in [0.15, 0.2) is 0 Å². The van der Waals surface area contributed by atoms with E-state index in [9.17, 15) is 4.79 Å². The lowest BCUT2D eigenvalue weighted by Crippen LogP contribution is -2.52. The summed E-state index contributed by atoms with van der Waals surface area (Å²) in [6, 6.07) is 0.269. The molecule has 0 bridgehead atoms. The number of carbonyl (C=O) groups excluding carboxylic acids is 1. The first-order chi connectivity index (χ1) is 8.99. The molecule has 0 aromatic heterocycles. The number of amides is 1. The second kappa shape index (κ2) is 7.22. The van der Waals surface area contributed by atoms with Gasteiger partial charge >= 0.3 is 0 Å². The molecule has 1 unspecified atom stereocenters. The van der Waals surface area contributed by atoms with Gasteiger partial charge in [0.15, 0.2) is 0 Å². The van der Waals surface area contributed by atoms with E-state index in [0.717, 1.165) is 51.5 Å². The quantitative estimate of drug-likeness (QED) is 0.730. The second-order valence-electron chi connectivity index (χ2n) is 5.76. The summed E-state index contributed by atoms with van der Waals surface area (Å²) in [5.41, 5.74) is 5.38. The Bertz CT molecular complexity index is 324. The molecule has 0 aromatic rings. The number of carbonyl (C=O) groups is 1. The molecule has 1 aliphatic carbocycles. The molecule has 0 spiro atoms. The van der Waals surface area contributed by atoms with E-state index < -0.39 is 5.41 Å². The molecule has 0 heterocycles. The Balaban J connectivity index is 2.93. The van der Waals surface area contributed by atoms with Gasteiger partial charge in [0.25, 0.3) is 0 Å². The molecule has 3 nitrogen and oxygen atoms in total. The van der Waals surface area contributed by atoms with Crippen molar-refractivity contribution in [3.63, 3.8) is 0 Å². The predicted molar refractivity (Wildman–Crippen MR) is 84.1 cm³/mol. The van der Waals surface area contributed by atoms with E-state index in [1.165, 1.54) is 0 Å². The van der Waals surface area contributed by atoms with E-state index in [1.54, 1.807) is 0 Å². The Morgan fingerprint density at radius 3 is 2.37 bits per heavy atom. The van der Waals surface area contributed by atoms with Gasteiger partial charge in [-0.1, -0.05) is 45.3 Å². The van der Waals surface area contributed by atoms with Gasteiger partial charge in [0, 0.05) is 12.6 Å². The standard InChI is InChI=1S/C15H28N2OS/c1-4-6-11-17(12(3)5-2)14(18)15(13(16)19)9-7-8-10-15/h12H,4-11H2,1-3H3,(H2,16,19). The molecule has 1 amide bonds. The first-order valence-corrected chi connectivity index (χ1v) is 8.01. The lowest BCUT2D eigenvalue weighted by atomic mass is 9.83. The van der Waals surface area contributed by atoms with Gasteiger partial charge < -0.3 is 10.6 Å². The zero-order valence-corrected chi connectivity index (χ0v) is 13.4. The molecule has 0 saturated heterocycles. The van der Waals surface area contributed by atoms with Crippen LogP contribution in [0.3, 0.4) is 0 Å². The Hall–Kier alpha value is -0.640. The maximum atomic E-state index is 13.0. The summed E-state index contributed by atoms with van der Waals surface area (Å²) >= 11 is 5.23. The van der Waals surface area contributed by atoms with E-state index in [1.807, 2.05) is 4.90 Å². The van der Waals surface area contributed by atoms with Gasteiger partial charge in [-0.05, 0) is 32.6 Å². The maximum absolute atomic E-state index is 13.0. The fourth-order valence-corrected chi connectivity index (χ4v) is 3.18. The Kier molecular flexibility index (Phi) is 6.24. The van der Waals surface area contributed by atoms with E-state index >= 15 is 0 Å². The van der Waals surface area contributed by atoms with Crippen LogP contribution in [0.2, 0.25) is 0 Å². The minimum absolute atomic E-state index is 0.181. The number of nitrogens with two attached hydrogens (primary N) is 1. The van der Waals surface area contributed by atoms with E-state index in [2.05, 4.69) is 20.8 Å². The van der Waals surface area contributed by atoms with Crippen molar-refractivity contribution in [2.24, 2.45) is 11.1 Å². The third-order valence-electron chi connectivity index (χ3n) is 4.47. The molecule has 0 aromatic carbocycles. The van der Waals surface area contributed by atoms with Crippen LogP contribution in [-0.4, -0.2) is 28.4 Å². The van der Waals surface area contributed by atoms with E-state index in [0.29, 0.717) is 4.99 Å². The molecule has 19 heavy (non-hydrogen) atoms. The van der Waals surface area contributed by atoms with Crippen molar-refractivity contribution in [2.75, 3.05) is 6.54 Å². The summed E-state index contributed by atoms with van der Waals surface area (Å²) in [6.07, 6.45) is 6.91. The van der Waals surface area contributed by atoms with Crippen LogP contribution in [0.25, 0.3) is 0 Å². The van der Waals surface area contributed by atoms with Crippen molar-refractivity contribution in [2.45, 2.75) is 71.8 Å². The van der Waals surface area contributed by atoms with E-state index in [4.69, 9.17) is 18.0 Å². The predicted octanol–water partition coefficient (Wildman–Crippen LogP) is 3.26. The average Bonchev–Trinajstić information content (AvgIpc) is 2.89. The molecule has 1 saturated carbocycles. The van der Waals surface area contributed by atoms with Crippen LogP contribution >= 0.6 is 12.2 Å². The van der Waals surface area contributed by atoms with Gasteiger partial charge in [-0.2, -0.15) is 0 Å². The minimum Gasteiger partial charge on any atom is -0.392 e. The first-order valence-electron chi connectivity index (χ1n) is 7.60. The Labute approximate surface area is 122 Å². The first kappa shape index (κ1) is 16.4. The number of hydrogen-bond donors (Lipinski definition) is 1. The molecular formula is C15H28N2OS. The highest BCUT2D eigenvalue weighted by atomic mass is 32.1. The molecule has 0 aliphatic heterocycles. The number of unbranched alkanes of at least 4 members (excludes halogenated alkanes) is 1. The summed E-state index contributed by atoms with van der Waals surface area (Å²) in [4.78, 5) is 15.4. The van der Waals surface area contributed by atoms with Crippen LogP contribution < -0.4 is 5.73 Å². The lowest BCUT2D eigenvalue weighted by molar-refractivity contribution is -0.140. The number of rotatable bonds is 7. The summed E-state index contributed by atoms with van der Waals surface area (Å²) in [5.74, 6) is 0.181. The normalized spacial score (nSPS) is 19.1. The lowest BCUT2D eigenvalue weighted by Gasteiger charge is -2.37. The van der Waals surface area contributed by atoms with Crippen LogP contribution in [0.5, 0.6) is 0 Å². The van der Waals surface area contributed by atoms with Gasteiger partial charge in [-0.3, -0.25) is 4.79 Å². The van der Waals surface area contributed by atoms with Crippen molar-refractivity contribution in [1.29, 1.82) is 0 Å². The Morgan fingerprint density at radius 2 is 1.95 bits per heavy atom. The monoisotopic (exact) mass is 284 g/mol. The zero-order chi connectivity index (χ0) is 14.5. The van der Waals surface area contributed by atoms with Crippen LogP contribution in [0, 0.1) is 5.41 Å². The molecule has 0 radical (unpaired) electrons. The van der Waals surface area contributed by atoms with Gasteiger partial charge in [0.05, 0.1) is 10.4 Å². The van der Waals surface area contributed by atoms with Crippen molar-refractivity contribution in [3.05, 3.63) is 0 Å². The van der Waals surface area contributed by atoms with Gasteiger partial charge in [0.2, 0.25) is 5.91 Å². The second-order valence-corrected chi connectivity index (χ2v) is 6.20. The van der Waals surface area contributed by atoms with E-state index in [-0.39, 0.29) is 11.9 Å². The summed E-state index contributed by atoms with van der Waals surface area (Å²) < 4.78 is 0. The minimum atomic E-state index is -0.549. The number of thiocarbonyl (C=S) groups is 1. The van der Waals surface area contributed by atoms with Crippen molar-refractivity contribution in [1.82, 2.24) is 4.90 Å². The third-order valence-corrected chi connectivity index (χ3v) is 4.87. The molecule has 1 fully saturated rings. The van der Waals surface area contributed by atoms with Gasteiger partial charge in [-0.15, -0.1) is 0 Å². The van der Waals surface area contributed by atoms with Crippen LogP contribution in [0.4, 0.5) is 0 Å². The third kappa shape index (κ3) is 3.47. The van der Waals surface area contributed by atoms with Crippen molar-refractivity contribution >= 4 is 23.1 Å². The van der Waals surface area contributed by atoms with Gasteiger partial charge in [-0.25, -0.2) is 0 Å². The fraction of sp³-hybridized carbons (Fsp3) is 0.867. The average molecular weight is 284 g/mol. The SMILES string of the molecule is CCCCN(C(=O)C1(C(N)=S)CCCC1)C(C)CC. The highest BCUT2D eigenvalue weighted by Gasteiger charge is 2.46. The summed E-state index contributed by atoms with van der Waals surface area (Å²) in [7, 11) is 0. The molecule has 2 N–H and O–H groups in total. The topological polar surface area (TPSA) is 46.3 Å².